The lowest BCUT2D eigenvalue weighted by Crippen LogP contribution is -2.41. The van der Waals surface area contributed by atoms with Gasteiger partial charge in [-0.25, -0.2) is 4.68 Å². The Labute approximate surface area is 200 Å². The number of fused-ring (bicyclic) bond motifs is 1. The summed E-state index contributed by atoms with van der Waals surface area (Å²) in [4.78, 5) is 18.8. The van der Waals surface area contributed by atoms with E-state index in [0.717, 1.165) is 60.1 Å². The molecular formula is C26H36N6O2. The van der Waals surface area contributed by atoms with Crippen LogP contribution in [0.3, 0.4) is 0 Å². The van der Waals surface area contributed by atoms with Crippen LogP contribution in [0.2, 0.25) is 0 Å². The van der Waals surface area contributed by atoms with Crippen molar-refractivity contribution in [2.45, 2.75) is 95.8 Å². The van der Waals surface area contributed by atoms with Gasteiger partial charge in [-0.1, -0.05) is 39.0 Å². The zero-order valence-electron chi connectivity index (χ0n) is 20.4. The Hall–Kier alpha value is -2.74. The van der Waals surface area contributed by atoms with Crippen LogP contribution < -0.4 is 10.3 Å². The van der Waals surface area contributed by atoms with E-state index in [4.69, 9.17) is 4.74 Å². The van der Waals surface area contributed by atoms with Gasteiger partial charge in [-0.05, 0) is 66.1 Å². The summed E-state index contributed by atoms with van der Waals surface area (Å²) < 4.78 is 7.42. The summed E-state index contributed by atoms with van der Waals surface area (Å²) in [6.45, 7) is 2.81. The number of aromatic amines is 1. The maximum atomic E-state index is 13.2. The molecule has 0 radical (unpaired) electrons. The molecule has 3 aromatic rings. The summed E-state index contributed by atoms with van der Waals surface area (Å²) in [6, 6.07) is 8.78. The minimum Gasteiger partial charge on any atom is -0.497 e. The van der Waals surface area contributed by atoms with Crippen molar-refractivity contribution in [3.05, 3.63) is 46.0 Å². The predicted octanol–water partition coefficient (Wildman–Crippen LogP) is 4.92. The Bertz CT molecular complexity index is 1160. The number of H-pyrrole nitrogens is 1. The van der Waals surface area contributed by atoms with Gasteiger partial charge >= 0.3 is 0 Å². The molecule has 2 aliphatic carbocycles. The third-order valence-electron chi connectivity index (χ3n) is 7.80. The van der Waals surface area contributed by atoms with Crippen LogP contribution in [0.1, 0.15) is 94.6 Å². The number of pyridine rings is 1. The number of benzene rings is 1. The number of ether oxygens (including phenoxy) is 1. The molecule has 5 rings (SSSR count). The normalized spacial score (nSPS) is 18.7. The van der Waals surface area contributed by atoms with E-state index in [1.807, 2.05) is 24.3 Å². The van der Waals surface area contributed by atoms with Crippen LogP contribution in [0.25, 0.3) is 10.9 Å². The van der Waals surface area contributed by atoms with Crippen molar-refractivity contribution in [1.29, 1.82) is 0 Å². The molecule has 0 saturated heterocycles. The number of tetrazole rings is 1. The molecule has 2 fully saturated rings. The molecular weight excluding hydrogens is 428 g/mol. The summed E-state index contributed by atoms with van der Waals surface area (Å²) in [5.41, 5.74) is 1.56. The molecule has 2 aliphatic rings. The first kappa shape index (κ1) is 23.0. The standard InChI is InChI=1S/C26H36N6O2/c1-3-24(25-28-29-30-32(25)21-11-7-8-12-21)31(20-9-5-4-6-10-20)17-19-15-18-13-14-22(34-2)16-23(18)27-26(19)33/h13-16,20-21,24H,3-12,17H2,1-2H3,(H,27,33)/t24-/m0/s1. The lowest BCUT2D eigenvalue weighted by atomic mass is 9.92. The van der Waals surface area contributed by atoms with E-state index in [9.17, 15) is 4.79 Å². The van der Waals surface area contributed by atoms with Crippen molar-refractivity contribution < 1.29 is 4.74 Å². The molecule has 2 saturated carbocycles. The average Bonchev–Trinajstić information content (AvgIpc) is 3.57. The fourth-order valence-electron chi connectivity index (χ4n) is 5.97. The van der Waals surface area contributed by atoms with E-state index in [2.05, 4.69) is 37.0 Å². The smallest absolute Gasteiger partial charge is 0.252 e. The quantitative estimate of drug-likeness (QED) is 0.509. The first-order valence-electron chi connectivity index (χ1n) is 12.9. The molecule has 0 unspecified atom stereocenters. The van der Waals surface area contributed by atoms with Crippen molar-refractivity contribution >= 4 is 10.9 Å². The number of nitrogens with one attached hydrogen (secondary N) is 1. The third-order valence-corrected chi connectivity index (χ3v) is 7.80. The van der Waals surface area contributed by atoms with Gasteiger partial charge in [0.25, 0.3) is 5.56 Å². The SMILES string of the molecule is CC[C@@H](c1nnnn1C1CCCC1)N(Cc1cc2ccc(OC)cc2[nH]c1=O)C1CCCCC1. The Morgan fingerprint density at radius 1 is 1.12 bits per heavy atom. The van der Waals surface area contributed by atoms with Gasteiger partial charge in [0.05, 0.1) is 24.7 Å². The average molecular weight is 465 g/mol. The van der Waals surface area contributed by atoms with Crippen molar-refractivity contribution in [3.8, 4) is 5.75 Å². The second kappa shape index (κ2) is 10.3. The summed E-state index contributed by atoms with van der Waals surface area (Å²) in [7, 11) is 1.64. The van der Waals surface area contributed by atoms with Crippen molar-refractivity contribution in [2.24, 2.45) is 0 Å². The molecule has 1 atom stereocenters. The number of hydrogen-bond acceptors (Lipinski definition) is 6. The maximum Gasteiger partial charge on any atom is 0.252 e. The second-order valence-electron chi connectivity index (χ2n) is 9.89. The fraction of sp³-hybridized carbons (Fsp3) is 0.615. The number of nitrogens with zero attached hydrogens (tertiary/aromatic N) is 5. The molecule has 0 aliphatic heterocycles. The van der Waals surface area contributed by atoms with Gasteiger partial charge in [-0.2, -0.15) is 0 Å². The first-order valence-corrected chi connectivity index (χ1v) is 12.9. The van der Waals surface area contributed by atoms with Gasteiger partial charge in [0.15, 0.2) is 5.82 Å². The molecule has 0 bridgehead atoms. The fourth-order valence-corrected chi connectivity index (χ4v) is 5.97. The molecule has 2 heterocycles. The van der Waals surface area contributed by atoms with Gasteiger partial charge in [-0.3, -0.25) is 9.69 Å². The van der Waals surface area contributed by atoms with Crippen LogP contribution in [-0.2, 0) is 6.54 Å². The summed E-state index contributed by atoms with van der Waals surface area (Å²) >= 11 is 0. The molecule has 1 N–H and O–H groups in total. The lowest BCUT2D eigenvalue weighted by molar-refractivity contribution is 0.0830. The Morgan fingerprint density at radius 2 is 1.88 bits per heavy atom. The third kappa shape index (κ3) is 4.60. The van der Waals surface area contributed by atoms with Crippen LogP contribution in [0.5, 0.6) is 5.75 Å². The minimum atomic E-state index is -0.0354. The molecule has 8 heteroatoms. The van der Waals surface area contributed by atoms with Gasteiger partial charge in [0, 0.05) is 24.2 Å². The van der Waals surface area contributed by atoms with E-state index in [-0.39, 0.29) is 11.6 Å². The van der Waals surface area contributed by atoms with E-state index in [0.29, 0.717) is 18.6 Å². The number of aromatic nitrogens is 5. The zero-order chi connectivity index (χ0) is 23.5. The Morgan fingerprint density at radius 3 is 2.62 bits per heavy atom. The topological polar surface area (TPSA) is 88.9 Å². The van der Waals surface area contributed by atoms with Crippen LogP contribution in [0.4, 0.5) is 0 Å². The summed E-state index contributed by atoms with van der Waals surface area (Å²) in [5.74, 6) is 1.70. The van der Waals surface area contributed by atoms with E-state index >= 15 is 0 Å². The lowest BCUT2D eigenvalue weighted by Gasteiger charge is -2.39. The molecule has 1 aromatic carbocycles. The second-order valence-corrected chi connectivity index (χ2v) is 9.89. The van der Waals surface area contributed by atoms with E-state index in [1.54, 1.807) is 7.11 Å². The number of rotatable bonds is 8. The zero-order valence-corrected chi connectivity index (χ0v) is 20.4. The minimum absolute atomic E-state index is 0.0354. The van der Waals surface area contributed by atoms with Crippen molar-refractivity contribution in [1.82, 2.24) is 30.1 Å². The van der Waals surface area contributed by atoms with E-state index in [1.165, 1.54) is 32.1 Å². The largest absolute Gasteiger partial charge is 0.497 e. The highest BCUT2D eigenvalue weighted by atomic mass is 16.5. The highest BCUT2D eigenvalue weighted by Crippen LogP contribution is 2.36. The van der Waals surface area contributed by atoms with Gasteiger partial charge in [0.1, 0.15) is 5.75 Å². The van der Waals surface area contributed by atoms with E-state index < -0.39 is 0 Å². The van der Waals surface area contributed by atoms with Gasteiger partial charge in [-0.15, -0.1) is 5.10 Å². The molecule has 34 heavy (non-hydrogen) atoms. The maximum absolute atomic E-state index is 13.2. The Balaban J connectivity index is 1.51. The summed E-state index contributed by atoms with van der Waals surface area (Å²) in [5, 5.41) is 14.1. The van der Waals surface area contributed by atoms with Crippen molar-refractivity contribution in [2.75, 3.05) is 7.11 Å². The number of hydrogen-bond donors (Lipinski definition) is 1. The summed E-state index contributed by atoms with van der Waals surface area (Å²) in [6.07, 6.45) is 11.8. The molecule has 182 valence electrons. The molecule has 8 nitrogen and oxygen atoms in total. The van der Waals surface area contributed by atoms with Gasteiger partial charge in [0.2, 0.25) is 0 Å². The Kier molecular flexibility index (Phi) is 6.94. The van der Waals surface area contributed by atoms with Crippen LogP contribution >= 0.6 is 0 Å². The molecule has 0 amide bonds. The van der Waals surface area contributed by atoms with Crippen LogP contribution in [0.15, 0.2) is 29.1 Å². The van der Waals surface area contributed by atoms with Crippen LogP contribution in [-0.4, -0.2) is 43.2 Å². The monoisotopic (exact) mass is 464 g/mol. The van der Waals surface area contributed by atoms with Crippen molar-refractivity contribution in [3.63, 3.8) is 0 Å². The highest BCUT2D eigenvalue weighted by molar-refractivity contribution is 5.80. The predicted molar refractivity (Wildman–Crippen MR) is 132 cm³/mol. The van der Waals surface area contributed by atoms with Gasteiger partial charge < -0.3 is 9.72 Å². The number of methoxy groups -OCH3 is 1. The molecule has 0 spiro atoms. The van der Waals surface area contributed by atoms with Crippen LogP contribution in [0, 0.1) is 0 Å². The molecule has 2 aromatic heterocycles. The first-order chi connectivity index (χ1) is 16.7. The highest BCUT2D eigenvalue weighted by Gasteiger charge is 2.33.